The van der Waals surface area contributed by atoms with E-state index in [2.05, 4.69) is 22.5 Å². The van der Waals surface area contributed by atoms with Crippen LogP contribution in [0.25, 0.3) is 0 Å². The third kappa shape index (κ3) is 6.17. The molecule has 2 N–H and O–H groups in total. The maximum atomic E-state index is 13.9. The van der Waals surface area contributed by atoms with Gasteiger partial charge in [0, 0.05) is 36.5 Å². The monoisotopic (exact) mass is 484 g/mol. The second-order valence-corrected chi connectivity index (χ2v) is 7.48. The normalized spacial score (nSPS) is 13.9. The van der Waals surface area contributed by atoms with Crippen molar-refractivity contribution in [2.24, 2.45) is 0 Å². The summed E-state index contributed by atoms with van der Waals surface area (Å²) < 4.78 is 46.4. The Bertz CT molecular complexity index is 1200. The van der Waals surface area contributed by atoms with Crippen LogP contribution < -0.4 is 16.0 Å². The Labute approximate surface area is 199 Å². The summed E-state index contributed by atoms with van der Waals surface area (Å²) in [5.74, 6) is -6.64. The van der Waals surface area contributed by atoms with Gasteiger partial charge >= 0.3 is 0 Å². The molecule has 0 aromatic heterocycles. The van der Waals surface area contributed by atoms with E-state index in [4.69, 9.17) is 4.74 Å². The van der Waals surface area contributed by atoms with E-state index in [0.29, 0.717) is 17.7 Å². The Morgan fingerprint density at radius 3 is 2.40 bits per heavy atom. The lowest BCUT2D eigenvalue weighted by atomic mass is 10.0. The van der Waals surface area contributed by atoms with Gasteiger partial charge in [0.05, 0.1) is 0 Å². The predicted octanol–water partition coefficient (Wildman–Crippen LogP) is 2.91. The molecule has 0 unspecified atom stereocenters. The second kappa shape index (κ2) is 11.2. The molecule has 10 heteroatoms. The van der Waals surface area contributed by atoms with Crippen molar-refractivity contribution in [2.75, 3.05) is 0 Å². The number of halogens is 3. The van der Waals surface area contributed by atoms with Gasteiger partial charge in [-0.2, -0.15) is 0 Å². The molecule has 0 aliphatic carbocycles. The molecule has 1 atom stereocenters. The van der Waals surface area contributed by atoms with E-state index in [-0.39, 0.29) is 12.3 Å². The molecule has 181 valence electrons. The van der Waals surface area contributed by atoms with E-state index >= 15 is 0 Å². The van der Waals surface area contributed by atoms with Crippen molar-refractivity contribution in [1.29, 1.82) is 0 Å². The van der Waals surface area contributed by atoms with Crippen molar-refractivity contribution in [1.82, 2.24) is 16.0 Å². The number of hydrogen-bond donors (Lipinski definition) is 2. The summed E-state index contributed by atoms with van der Waals surface area (Å²) in [5, 5.41) is 8.70. The van der Waals surface area contributed by atoms with Crippen molar-refractivity contribution < 1.29 is 32.3 Å². The van der Waals surface area contributed by atoms with Gasteiger partial charge in [-0.15, -0.1) is 6.58 Å². The summed E-state index contributed by atoms with van der Waals surface area (Å²) in [4.78, 5) is 38.3. The van der Waals surface area contributed by atoms with Gasteiger partial charge in [0.15, 0.2) is 11.5 Å². The fourth-order valence-corrected chi connectivity index (χ4v) is 3.00. The number of carbonyl (C=O) groups is 3. The van der Waals surface area contributed by atoms with Crippen LogP contribution in [0.1, 0.15) is 18.1 Å². The van der Waals surface area contributed by atoms with Gasteiger partial charge in [-0.3, -0.25) is 14.4 Å². The summed E-state index contributed by atoms with van der Waals surface area (Å²) in [6.45, 7) is 4.48. The van der Waals surface area contributed by atoms with Crippen LogP contribution in [0.15, 0.2) is 78.3 Å². The fourth-order valence-electron chi connectivity index (χ4n) is 3.00. The predicted molar refractivity (Wildman–Crippen MR) is 119 cm³/mol. The van der Waals surface area contributed by atoms with E-state index in [1.54, 1.807) is 37.3 Å². The van der Waals surface area contributed by atoms with Gasteiger partial charge < -0.3 is 15.4 Å². The molecule has 1 heterocycles. The number of nitrogens with one attached hydrogen (secondary N) is 2. The van der Waals surface area contributed by atoms with Gasteiger partial charge in [0.1, 0.15) is 29.6 Å². The van der Waals surface area contributed by atoms with Gasteiger partial charge in [-0.25, -0.2) is 18.5 Å². The van der Waals surface area contributed by atoms with Gasteiger partial charge in [0.2, 0.25) is 5.78 Å². The van der Waals surface area contributed by atoms with Gasteiger partial charge in [-0.1, -0.05) is 36.4 Å². The largest absolute Gasteiger partial charge is 0.482 e. The Morgan fingerprint density at radius 1 is 1.11 bits per heavy atom. The summed E-state index contributed by atoms with van der Waals surface area (Å²) in [7, 11) is 0. The third-order valence-electron chi connectivity index (χ3n) is 4.92. The maximum absolute atomic E-state index is 13.9. The Balaban J connectivity index is 1.80. The van der Waals surface area contributed by atoms with Crippen molar-refractivity contribution in [3.05, 3.63) is 107 Å². The van der Waals surface area contributed by atoms with Gasteiger partial charge in [-0.05, 0) is 12.5 Å². The number of ketones is 1. The van der Waals surface area contributed by atoms with E-state index in [1.165, 1.54) is 6.08 Å². The van der Waals surface area contributed by atoms with Crippen LogP contribution in [0.3, 0.4) is 0 Å². The zero-order chi connectivity index (χ0) is 25.5. The highest BCUT2D eigenvalue weighted by Gasteiger charge is 2.34. The first kappa shape index (κ1) is 25.3. The Morgan fingerprint density at radius 2 is 1.77 bits per heavy atom. The lowest BCUT2D eigenvalue weighted by molar-refractivity contribution is -0.124. The highest BCUT2D eigenvalue weighted by molar-refractivity contribution is 6.27. The average Bonchev–Trinajstić information content (AvgIpc) is 2.82. The van der Waals surface area contributed by atoms with Crippen LogP contribution in [-0.4, -0.2) is 23.6 Å². The molecule has 0 bridgehead atoms. The fraction of sp³-hybridized carbons (Fsp3) is 0.160. The quantitative estimate of drug-likeness (QED) is 0.423. The molecule has 2 amide bonds. The molecule has 2 aromatic carbocycles. The van der Waals surface area contributed by atoms with Crippen LogP contribution >= 0.6 is 0 Å². The maximum Gasteiger partial charge on any atom is 0.274 e. The highest BCUT2D eigenvalue weighted by Crippen LogP contribution is 2.21. The first-order valence-corrected chi connectivity index (χ1v) is 10.4. The first-order chi connectivity index (χ1) is 16.7. The molecule has 1 aliphatic rings. The number of carbonyl (C=O) groups excluding carboxylic acids is 3. The summed E-state index contributed by atoms with van der Waals surface area (Å²) in [6, 6.07) is 9.27. The molecule has 35 heavy (non-hydrogen) atoms. The van der Waals surface area contributed by atoms with Crippen molar-refractivity contribution >= 4 is 17.6 Å². The average molecular weight is 484 g/mol. The molecular formula is C25H21F3N3O4. The molecule has 7 nitrogen and oxygen atoms in total. The number of benzene rings is 2. The molecule has 0 spiro atoms. The zero-order valence-electron chi connectivity index (χ0n) is 18.6. The third-order valence-corrected chi connectivity index (χ3v) is 4.92. The van der Waals surface area contributed by atoms with E-state index in [1.807, 2.05) is 0 Å². The summed E-state index contributed by atoms with van der Waals surface area (Å²) in [6.07, 6.45) is 2.34. The number of ether oxygens (including phenoxy) is 1. The minimum atomic E-state index is -1.20. The second-order valence-electron chi connectivity index (χ2n) is 7.48. The van der Waals surface area contributed by atoms with Crippen LogP contribution in [0.2, 0.25) is 0 Å². The molecule has 1 radical (unpaired) electrons. The van der Waals surface area contributed by atoms with Crippen LogP contribution in [-0.2, 0) is 32.3 Å². The summed E-state index contributed by atoms with van der Waals surface area (Å²) in [5.41, 5.74) is -0.749. The van der Waals surface area contributed by atoms with Crippen molar-refractivity contribution in [3.8, 4) is 0 Å². The molecule has 0 fully saturated rings. The number of rotatable bonds is 9. The topological polar surface area (TPSA) is 98.6 Å². The van der Waals surface area contributed by atoms with Crippen LogP contribution in [0.5, 0.6) is 0 Å². The van der Waals surface area contributed by atoms with E-state index in [0.717, 1.165) is 6.20 Å². The molecule has 3 rings (SSSR count). The number of hydrogen-bond acceptors (Lipinski definition) is 4. The van der Waals surface area contributed by atoms with Crippen molar-refractivity contribution in [3.63, 3.8) is 0 Å². The SMILES string of the molecule is C=C[C@H](C)NC(=O)C1=C(OCc2ccccc2)C(=O)C(C(=O)NCc2c(F)cc(F)cc2F)=C[N]1. The molecule has 1 aliphatic heterocycles. The van der Waals surface area contributed by atoms with Crippen LogP contribution in [0, 0.1) is 17.5 Å². The number of nitrogens with zero attached hydrogens (tertiary/aromatic N) is 1. The summed E-state index contributed by atoms with van der Waals surface area (Å²) >= 11 is 0. The molecule has 0 saturated carbocycles. The number of Topliss-reactive ketones (excluding diaryl/α,β-unsaturated/α-hetero) is 1. The Kier molecular flexibility index (Phi) is 8.08. The minimum absolute atomic E-state index is 0.0911. The van der Waals surface area contributed by atoms with Crippen LogP contribution in [0.4, 0.5) is 13.2 Å². The van der Waals surface area contributed by atoms with E-state index < -0.39 is 64.5 Å². The lowest BCUT2D eigenvalue weighted by Gasteiger charge is -2.20. The smallest absolute Gasteiger partial charge is 0.274 e. The molecular weight excluding hydrogens is 463 g/mol. The zero-order valence-corrected chi connectivity index (χ0v) is 18.6. The van der Waals surface area contributed by atoms with Gasteiger partial charge in [0.25, 0.3) is 11.8 Å². The lowest BCUT2D eigenvalue weighted by Crippen LogP contribution is -2.39. The van der Waals surface area contributed by atoms with E-state index in [9.17, 15) is 27.6 Å². The molecule has 0 saturated heterocycles. The molecule has 2 aromatic rings. The number of allylic oxidation sites excluding steroid dienone is 1. The van der Waals surface area contributed by atoms with Crippen molar-refractivity contribution in [2.45, 2.75) is 26.1 Å². The number of amides is 2. The minimum Gasteiger partial charge on any atom is -0.482 e. The highest BCUT2D eigenvalue weighted by atomic mass is 19.1. The Hall–Kier alpha value is -4.34. The standard InChI is InChI=1S/C25H21F3N3O4/c1-3-14(2)31-25(34)21-23(35-13-15-7-5-4-6-8-15)22(32)18(12-29-21)24(33)30-11-17-19(27)9-16(26)10-20(17)28/h3-10,12,14H,1,11,13H2,2H3,(H,30,33)(H,31,34)/t14-/m0/s1. The first-order valence-electron chi connectivity index (χ1n) is 10.4.